The Hall–Kier alpha value is -2.22. The highest BCUT2D eigenvalue weighted by atomic mass is 35.5. The molecule has 5 nitrogen and oxygen atoms in total. The minimum absolute atomic E-state index is 0.0634. The summed E-state index contributed by atoms with van der Waals surface area (Å²) >= 11 is 11.9. The standard InChI is InChI=1S/C19H19Cl2F2N3O2/c1-2-7-26(10-18(27)24-16-5-3-12(20)8-14(16)21)11-19(28)25-17-6-4-13(22)9-15(17)23/h3-6,8-9H,2,7,10-11H2,1H3,(H,24,27)(H,25,28). The van der Waals surface area contributed by atoms with Gasteiger partial charge in [-0.25, -0.2) is 8.78 Å². The summed E-state index contributed by atoms with van der Waals surface area (Å²) in [5.74, 6) is -2.49. The van der Waals surface area contributed by atoms with E-state index in [2.05, 4.69) is 10.6 Å². The van der Waals surface area contributed by atoms with Gasteiger partial charge in [0.15, 0.2) is 0 Å². The average molecular weight is 430 g/mol. The van der Waals surface area contributed by atoms with E-state index in [0.29, 0.717) is 34.8 Å². The molecule has 0 aliphatic heterocycles. The maximum Gasteiger partial charge on any atom is 0.238 e. The molecule has 0 radical (unpaired) electrons. The zero-order valence-corrected chi connectivity index (χ0v) is 16.6. The highest BCUT2D eigenvalue weighted by molar-refractivity contribution is 6.36. The Bertz CT molecular complexity index is 798. The molecule has 2 rings (SSSR count). The molecule has 0 aliphatic rings. The van der Waals surface area contributed by atoms with Crippen molar-refractivity contribution >= 4 is 46.4 Å². The van der Waals surface area contributed by atoms with Crippen molar-refractivity contribution in [3.05, 3.63) is 58.1 Å². The van der Waals surface area contributed by atoms with Gasteiger partial charge in [0.1, 0.15) is 11.6 Å². The van der Waals surface area contributed by atoms with E-state index in [4.69, 9.17) is 23.2 Å². The van der Waals surface area contributed by atoms with Gasteiger partial charge < -0.3 is 10.6 Å². The van der Waals surface area contributed by atoms with Gasteiger partial charge in [0, 0.05) is 11.1 Å². The minimum Gasteiger partial charge on any atom is -0.324 e. The first-order chi connectivity index (χ1) is 13.3. The number of nitrogens with zero attached hydrogens (tertiary/aromatic N) is 1. The van der Waals surface area contributed by atoms with Crippen LogP contribution in [-0.2, 0) is 9.59 Å². The van der Waals surface area contributed by atoms with Crippen LogP contribution in [0.4, 0.5) is 20.2 Å². The van der Waals surface area contributed by atoms with Crippen LogP contribution >= 0.6 is 23.2 Å². The monoisotopic (exact) mass is 429 g/mol. The van der Waals surface area contributed by atoms with Gasteiger partial charge in [0.05, 0.1) is 29.5 Å². The molecule has 2 aromatic carbocycles. The number of halogens is 4. The number of carbonyl (C=O) groups is 2. The van der Waals surface area contributed by atoms with Gasteiger partial charge in [-0.3, -0.25) is 14.5 Å². The summed E-state index contributed by atoms with van der Waals surface area (Å²) in [5.41, 5.74) is 0.283. The Morgan fingerprint density at radius 2 is 1.57 bits per heavy atom. The molecule has 0 saturated heterocycles. The van der Waals surface area contributed by atoms with Crippen molar-refractivity contribution in [3.8, 4) is 0 Å². The van der Waals surface area contributed by atoms with Crippen molar-refractivity contribution in [3.63, 3.8) is 0 Å². The normalized spacial score (nSPS) is 10.8. The van der Waals surface area contributed by atoms with E-state index < -0.39 is 17.5 Å². The molecule has 150 valence electrons. The number of carbonyl (C=O) groups excluding carboxylic acids is 2. The number of rotatable bonds is 8. The van der Waals surface area contributed by atoms with Gasteiger partial charge in [0.2, 0.25) is 11.8 Å². The van der Waals surface area contributed by atoms with Crippen LogP contribution in [0.25, 0.3) is 0 Å². The minimum atomic E-state index is -0.870. The number of anilines is 2. The lowest BCUT2D eigenvalue weighted by molar-refractivity contribution is -0.120. The summed E-state index contributed by atoms with van der Waals surface area (Å²) in [4.78, 5) is 26.1. The Morgan fingerprint density at radius 1 is 0.964 bits per heavy atom. The average Bonchev–Trinajstić information content (AvgIpc) is 2.60. The Balaban J connectivity index is 1.96. The first kappa shape index (κ1) is 22.1. The van der Waals surface area contributed by atoms with Crippen molar-refractivity contribution in [1.82, 2.24) is 4.90 Å². The predicted molar refractivity (Wildman–Crippen MR) is 107 cm³/mol. The van der Waals surface area contributed by atoms with Gasteiger partial charge in [-0.15, -0.1) is 0 Å². The molecule has 0 aliphatic carbocycles. The summed E-state index contributed by atoms with van der Waals surface area (Å²) < 4.78 is 26.6. The zero-order chi connectivity index (χ0) is 20.7. The summed E-state index contributed by atoms with van der Waals surface area (Å²) in [6, 6.07) is 7.55. The second-order valence-corrected chi connectivity index (χ2v) is 6.90. The molecule has 28 heavy (non-hydrogen) atoms. The topological polar surface area (TPSA) is 61.4 Å². The van der Waals surface area contributed by atoms with Gasteiger partial charge in [-0.05, 0) is 43.3 Å². The Morgan fingerprint density at radius 3 is 2.14 bits per heavy atom. The van der Waals surface area contributed by atoms with Crippen LogP contribution < -0.4 is 10.6 Å². The van der Waals surface area contributed by atoms with E-state index >= 15 is 0 Å². The van der Waals surface area contributed by atoms with Crippen molar-refractivity contribution in [1.29, 1.82) is 0 Å². The van der Waals surface area contributed by atoms with Crippen molar-refractivity contribution in [2.75, 3.05) is 30.3 Å². The first-order valence-electron chi connectivity index (χ1n) is 8.50. The van der Waals surface area contributed by atoms with Crippen LogP contribution in [0, 0.1) is 11.6 Å². The highest BCUT2D eigenvalue weighted by Crippen LogP contribution is 2.25. The molecule has 0 heterocycles. The lowest BCUT2D eigenvalue weighted by Crippen LogP contribution is -2.39. The molecule has 9 heteroatoms. The van der Waals surface area contributed by atoms with Gasteiger partial charge >= 0.3 is 0 Å². The second kappa shape index (κ2) is 10.4. The molecule has 0 atom stereocenters. The summed E-state index contributed by atoms with van der Waals surface area (Å²) in [6.07, 6.45) is 0.702. The largest absolute Gasteiger partial charge is 0.324 e. The molecule has 0 bridgehead atoms. The fraction of sp³-hybridized carbons (Fsp3) is 0.263. The molecule has 0 saturated carbocycles. The number of hydrogen-bond acceptors (Lipinski definition) is 3. The second-order valence-electron chi connectivity index (χ2n) is 6.06. The highest BCUT2D eigenvalue weighted by Gasteiger charge is 2.16. The van der Waals surface area contributed by atoms with Crippen LogP contribution in [0.2, 0.25) is 10.0 Å². The third-order valence-corrected chi connectivity index (χ3v) is 4.23. The van der Waals surface area contributed by atoms with E-state index in [9.17, 15) is 18.4 Å². The van der Waals surface area contributed by atoms with Gasteiger partial charge in [-0.1, -0.05) is 30.1 Å². The van der Waals surface area contributed by atoms with E-state index in [1.54, 1.807) is 17.0 Å². The van der Waals surface area contributed by atoms with Crippen molar-refractivity contribution in [2.24, 2.45) is 0 Å². The lowest BCUT2D eigenvalue weighted by atomic mass is 10.3. The van der Waals surface area contributed by atoms with E-state index in [1.807, 2.05) is 6.92 Å². The summed E-state index contributed by atoms with van der Waals surface area (Å²) in [6.45, 7) is 2.18. The lowest BCUT2D eigenvalue weighted by Gasteiger charge is -2.21. The fourth-order valence-electron chi connectivity index (χ4n) is 2.50. The number of hydrogen-bond donors (Lipinski definition) is 2. The molecular formula is C19H19Cl2F2N3O2. The third-order valence-electron chi connectivity index (χ3n) is 3.68. The van der Waals surface area contributed by atoms with Gasteiger partial charge in [-0.2, -0.15) is 0 Å². The van der Waals surface area contributed by atoms with Crippen molar-refractivity contribution < 1.29 is 18.4 Å². The molecule has 0 fully saturated rings. The Labute approximate surface area is 171 Å². The smallest absolute Gasteiger partial charge is 0.238 e. The molecule has 0 unspecified atom stereocenters. The van der Waals surface area contributed by atoms with Crippen LogP contribution in [0.5, 0.6) is 0 Å². The molecule has 2 aromatic rings. The molecule has 0 aromatic heterocycles. The van der Waals surface area contributed by atoms with Crippen LogP contribution in [0.15, 0.2) is 36.4 Å². The summed E-state index contributed by atoms with van der Waals surface area (Å²) in [5, 5.41) is 5.78. The molecule has 0 spiro atoms. The quantitative estimate of drug-likeness (QED) is 0.646. The zero-order valence-electron chi connectivity index (χ0n) is 15.1. The predicted octanol–water partition coefficient (Wildman–Crippen LogP) is 4.56. The van der Waals surface area contributed by atoms with E-state index in [1.165, 1.54) is 6.07 Å². The first-order valence-corrected chi connectivity index (χ1v) is 9.26. The fourth-order valence-corrected chi connectivity index (χ4v) is 2.95. The van der Waals surface area contributed by atoms with Crippen LogP contribution in [0.3, 0.4) is 0 Å². The third kappa shape index (κ3) is 6.74. The molecule has 2 amide bonds. The van der Waals surface area contributed by atoms with Gasteiger partial charge in [0.25, 0.3) is 0 Å². The number of nitrogens with one attached hydrogen (secondary N) is 2. The van der Waals surface area contributed by atoms with E-state index in [0.717, 1.165) is 12.1 Å². The van der Waals surface area contributed by atoms with E-state index in [-0.39, 0.29) is 24.7 Å². The SMILES string of the molecule is CCCN(CC(=O)Nc1ccc(F)cc1F)CC(=O)Nc1ccc(Cl)cc1Cl. The molecular weight excluding hydrogens is 411 g/mol. The Kier molecular flexibility index (Phi) is 8.17. The summed E-state index contributed by atoms with van der Waals surface area (Å²) in [7, 11) is 0. The maximum atomic E-state index is 13.7. The van der Waals surface area contributed by atoms with Crippen LogP contribution in [0.1, 0.15) is 13.3 Å². The molecule has 2 N–H and O–H groups in total. The maximum absolute atomic E-state index is 13.7. The van der Waals surface area contributed by atoms with Crippen LogP contribution in [-0.4, -0.2) is 36.3 Å². The number of amides is 2. The number of benzene rings is 2. The van der Waals surface area contributed by atoms with Crippen molar-refractivity contribution in [2.45, 2.75) is 13.3 Å².